The molecular formula is C20H18IN3O5. The summed E-state index contributed by atoms with van der Waals surface area (Å²) in [7, 11) is 0. The Hall–Kier alpha value is -3.13. The number of hydrogen-bond donors (Lipinski definition) is 1. The third-order valence-electron chi connectivity index (χ3n) is 3.63. The van der Waals surface area contributed by atoms with E-state index in [0.29, 0.717) is 36.0 Å². The normalized spacial score (nSPS) is 10.8. The van der Waals surface area contributed by atoms with Crippen molar-refractivity contribution in [1.82, 2.24) is 0 Å². The molecule has 0 aliphatic rings. The van der Waals surface area contributed by atoms with Crippen molar-refractivity contribution in [2.75, 3.05) is 18.5 Å². The molecule has 0 fully saturated rings. The maximum absolute atomic E-state index is 12.4. The Kier molecular flexibility index (Phi) is 7.97. The minimum Gasteiger partial charge on any atom is -0.490 e. The number of benzene rings is 2. The Bertz CT molecular complexity index is 981. The summed E-state index contributed by atoms with van der Waals surface area (Å²) in [6.07, 6.45) is 1.45. The maximum atomic E-state index is 12.4. The first-order valence-corrected chi connectivity index (χ1v) is 9.74. The van der Waals surface area contributed by atoms with E-state index in [9.17, 15) is 20.2 Å². The number of rotatable bonds is 8. The Morgan fingerprint density at radius 1 is 1.24 bits per heavy atom. The highest BCUT2D eigenvalue weighted by atomic mass is 127. The third-order valence-corrected chi connectivity index (χ3v) is 4.43. The van der Waals surface area contributed by atoms with Crippen molar-refractivity contribution in [3.05, 3.63) is 61.2 Å². The average molecular weight is 507 g/mol. The predicted molar refractivity (Wildman–Crippen MR) is 117 cm³/mol. The Labute approximate surface area is 181 Å². The van der Waals surface area contributed by atoms with Crippen LogP contribution in [-0.2, 0) is 4.79 Å². The number of carbonyl (C=O) groups is 1. The Balaban J connectivity index is 2.29. The first-order chi connectivity index (χ1) is 13.9. The van der Waals surface area contributed by atoms with Gasteiger partial charge in [0.25, 0.3) is 11.6 Å². The van der Waals surface area contributed by atoms with Gasteiger partial charge in [0.05, 0.1) is 21.7 Å². The van der Waals surface area contributed by atoms with Gasteiger partial charge in [-0.2, -0.15) is 5.26 Å². The van der Waals surface area contributed by atoms with Gasteiger partial charge in [0.1, 0.15) is 11.6 Å². The molecule has 1 amide bonds. The van der Waals surface area contributed by atoms with Crippen LogP contribution in [0.2, 0.25) is 0 Å². The number of nitrogens with one attached hydrogen (secondary N) is 1. The van der Waals surface area contributed by atoms with Crippen LogP contribution in [-0.4, -0.2) is 24.0 Å². The van der Waals surface area contributed by atoms with E-state index >= 15 is 0 Å². The molecule has 2 rings (SSSR count). The summed E-state index contributed by atoms with van der Waals surface area (Å²) in [5, 5.41) is 22.7. The van der Waals surface area contributed by atoms with Gasteiger partial charge in [-0.05, 0) is 72.3 Å². The van der Waals surface area contributed by atoms with Crippen molar-refractivity contribution in [1.29, 1.82) is 5.26 Å². The van der Waals surface area contributed by atoms with Crippen LogP contribution < -0.4 is 14.8 Å². The van der Waals surface area contributed by atoms with Crippen molar-refractivity contribution >= 4 is 45.9 Å². The molecule has 0 atom stereocenters. The van der Waals surface area contributed by atoms with E-state index in [0.717, 1.165) is 3.57 Å². The van der Waals surface area contributed by atoms with Crippen molar-refractivity contribution in [2.45, 2.75) is 13.8 Å². The molecule has 9 heteroatoms. The summed E-state index contributed by atoms with van der Waals surface area (Å²) in [5.74, 6) is 0.518. The van der Waals surface area contributed by atoms with E-state index in [2.05, 4.69) is 27.9 Å². The molecule has 29 heavy (non-hydrogen) atoms. The lowest BCUT2D eigenvalue weighted by Gasteiger charge is -2.13. The Morgan fingerprint density at radius 2 is 1.90 bits per heavy atom. The fourth-order valence-electron chi connectivity index (χ4n) is 2.40. The summed E-state index contributed by atoms with van der Waals surface area (Å²) < 4.78 is 12.0. The van der Waals surface area contributed by atoms with Crippen LogP contribution in [0.1, 0.15) is 19.4 Å². The van der Waals surface area contributed by atoms with Gasteiger partial charge in [0, 0.05) is 17.8 Å². The fourth-order valence-corrected chi connectivity index (χ4v) is 3.18. The first kappa shape index (κ1) is 22.2. The summed E-state index contributed by atoms with van der Waals surface area (Å²) in [4.78, 5) is 22.6. The van der Waals surface area contributed by atoms with Crippen LogP contribution in [0.5, 0.6) is 11.5 Å². The van der Waals surface area contributed by atoms with Gasteiger partial charge in [-0.15, -0.1) is 0 Å². The second kappa shape index (κ2) is 10.4. The lowest BCUT2D eigenvalue weighted by atomic mass is 10.1. The van der Waals surface area contributed by atoms with Crippen LogP contribution in [0.3, 0.4) is 0 Å². The van der Waals surface area contributed by atoms with Crippen LogP contribution in [0.25, 0.3) is 6.08 Å². The number of nitro benzene ring substituents is 1. The molecule has 8 nitrogen and oxygen atoms in total. The second-order valence-electron chi connectivity index (χ2n) is 5.62. The fraction of sp³-hybridized carbons (Fsp3) is 0.200. The van der Waals surface area contributed by atoms with Gasteiger partial charge < -0.3 is 14.8 Å². The molecular weight excluding hydrogens is 489 g/mol. The first-order valence-electron chi connectivity index (χ1n) is 8.66. The van der Waals surface area contributed by atoms with Crippen LogP contribution in [0.4, 0.5) is 11.4 Å². The number of nitriles is 1. The molecule has 0 saturated heterocycles. The highest BCUT2D eigenvalue weighted by Gasteiger charge is 2.14. The van der Waals surface area contributed by atoms with Gasteiger partial charge in [-0.1, -0.05) is 0 Å². The average Bonchev–Trinajstić information content (AvgIpc) is 2.69. The summed E-state index contributed by atoms with van der Waals surface area (Å²) in [6, 6.07) is 10.7. The molecule has 2 aromatic carbocycles. The standard InChI is InChI=1S/C20H18IN3O5/c1-3-28-18-11-13(10-17(21)19(18)29-4-2)9-14(12-22)20(25)23-15-5-7-16(8-6-15)24(26)27/h5-11H,3-4H2,1-2H3,(H,23,25). The molecule has 0 aliphatic heterocycles. The third kappa shape index (κ3) is 5.92. The second-order valence-corrected chi connectivity index (χ2v) is 6.79. The van der Waals surface area contributed by atoms with Crippen molar-refractivity contribution in [3.63, 3.8) is 0 Å². The van der Waals surface area contributed by atoms with Crippen molar-refractivity contribution < 1.29 is 19.2 Å². The zero-order valence-electron chi connectivity index (χ0n) is 15.8. The van der Waals surface area contributed by atoms with E-state index in [-0.39, 0.29) is 11.3 Å². The zero-order chi connectivity index (χ0) is 21.4. The summed E-state index contributed by atoms with van der Waals surface area (Å²) in [5.41, 5.74) is 0.743. The topological polar surface area (TPSA) is 114 Å². The number of non-ortho nitro benzene ring substituents is 1. The minimum atomic E-state index is -0.622. The zero-order valence-corrected chi connectivity index (χ0v) is 17.9. The number of halogens is 1. The largest absolute Gasteiger partial charge is 0.490 e. The lowest BCUT2D eigenvalue weighted by Crippen LogP contribution is -2.13. The molecule has 2 aromatic rings. The summed E-state index contributed by atoms with van der Waals surface area (Å²) >= 11 is 2.10. The molecule has 0 saturated carbocycles. The molecule has 0 spiro atoms. The van der Waals surface area contributed by atoms with Crippen molar-refractivity contribution in [3.8, 4) is 17.6 Å². The molecule has 0 aromatic heterocycles. The maximum Gasteiger partial charge on any atom is 0.269 e. The number of nitrogens with zero attached hydrogens (tertiary/aromatic N) is 2. The molecule has 150 valence electrons. The minimum absolute atomic E-state index is 0.0912. The van der Waals surface area contributed by atoms with Gasteiger partial charge in [0.15, 0.2) is 11.5 Å². The molecule has 1 N–H and O–H groups in total. The highest BCUT2D eigenvalue weighted by Crippen LogP contribution is 2.35. The van der Waals surface area contributed by atoms with E-state index in [1.54, 1.807) is 12.1 Å². The van der Waals surface area contributed by atoms with Gasteiger partial charge >= 0.3 is 0 Å². The number of anilines is 1. The van der Waals surface area contributed by atoms with Crippen LogP contribution in [0.15, 0.2) is 42.0 Å². The Morgan fingerprint density at radius 3 is 2.45 bits per heavy atom. The lowest BCUT2D eigenvalue weighted by molar-refractivity contribution is -0.384. The molecule has 0 aliphatic carbocycles. The number of amides is 1. The number of carbonyl (C=O) groups excluding carboxylic acids is 1. The predicted octanol–water partition coefficient (Wildman–Crippen LogP) is 4.54. The number of nitro groups is 1. The molecule has 0 radical (unpaired) electrons. The quantitative estimate of drug-likeness (QED) is 0.185. The monoisotopic (exact) mass is 507 g/mol. The number of hydrogen-bond acceptors (Lipinski definition) is 6. The van der Waals surface area contributed by atoms with Gasteiger partial charge in [0.2, 0.25) is 0 Å². The highest BCUT2D eigenvalue weighted by molar-refractivity contribution is 14.1. The summed E-state index contributed by atoms with van der Waals surface area (Å²) in [6.45, 7) is 4.64. The van der Waals surface area contributed by atoms with Gasteiger partial charge in [-0.25, -0.2) is 0 Å². The van der Waals surface area contributed by atoms with Crippen molar-refractivity contribution in [2.24, 2.45) is 0 Å². The van der Waals surface area contributed by atoms with Crippen LogP contribution in [0, 0.1) is 25.0 Å². The molecule has 0 bridgehead atoms. The SMILES string of the molecule is CCOc1cc(C=C(C#N)C(=O)Nc2ccc([N+](=O)[O-])cc2)cc(I)c1OCC. The van der Waals surface area contributed by atoms with E-state index in [1.165, 1.54) is 30.3 Å². The molecule has 0 unspecified atom stereocenters. The van der Waals surface area contributed by atoms with E-state index in [4.69, 9.17) is 9.47 Å². The molecule has 0 heterocycles. The van der Waals surface area contributed by atoms with E-state index < -0.39 is 10.8 Å². The smallest absolute Gasteiger partial charge is 0.269 e. The van der Waals surface area contributed by atoms with Gasteiger partial charge in [-0.3, -0.25) is 14.9 Å². The van der Waals surface area contributed by atoms with Crippen LogP contribution >= 0.6 is 22.6 Å². The number of ether oxygens (including phenoxy) is 2. The van der Waals surface area contributed by atoms with E-state index in [1.807, 2.05) is 19.9 Å².